The Labute approximate surface area is 95.0 Å². The summed E-state index contributed by atoms with van der Waals surface area (Å²) in [7, 11) is 1.73. The van der Waals surface area contributed by atoms with Crippen LogP contribution >= 0.6 is 12.4 Å². The van der Waals surface area contributed by atoms with E-state index >= 15 is 0 Å². The van der Waals surface area contributed by atoms with E-state index < -0.39 is 12.1 Å². The summed E-state index contributed by atoms with van der Waals surface area (Å²) in [5.74, 6) is -0.115. The van der Waals surface area contributed by atoms with E-state index in [2.05, 4.69) is 10.6 Å². The van der Waals surface area contributed by atoms with Gasteiger partial charge in [0, 0.05) is 20.1 Å². The number of likely N-dealkylation sites (N-methyl/N-ethyl adjacent to an activating group) is 1. The predicted molar refractivity (Wildman–Crippen MR) is 58.9 cm³/mol. The number of hydrogen-bond donors (Lipinski definition) is 3. The molecule has 0 bridgehead atoms. The summed E-state index contributed by atoms with van der Waals surface area (Å²) < 4.78 is 0. The standard InChI is InChI=1S/C8H16N4O2.ClH/c1-5(11-8(9)14)7(13)12(2)6-3-10-4-6;/h5-6,10H,3-4H2,1-2H3,(H3,9,11,14);1H. The first-order valence-corrected chi connectivity index (χ1v) is 4.55. The molecule has 15 heavy (non-hydrogen) atoms. The van der Waals surface area contributed by atoms with Gasteiger partial charge in [-0.1, -0.05) is 0 Å². The normalized spacial score (nSPS) is 16.9. The number of halogens is 1. The molecule has 0 spiro atoms. The second-order valence-electron chi connectivity index (χ2n) is 3.49. The van der Waals surface area contributed by atoms with Crippen molar-refractivity contribution < 1.29 is 9.59 Å². The van der Waals surface area contributed by atoms with Crippen LogP contribution in [0.4, 0.5) is 4.79 Å². The molecular weight excluding hydrogens is 220 g/mol. The first-order valence-electron chi connectivity index (χ1n) is 4.55. The Hall–Kier alpha value is -1.01. The smallest absolute Gasteiger partial charge is 0.312 e. The molecule has 1 heterocycles. The third-order valence-electron chi connectivity index (χ3n) is 2.38. The lowest BCUT2D eigenvalue weighted by molar-refractivity contribution is -0.134. The van der Waals surface area contributed by atoms with Gasteiger partial charge in [-0.3, -0.25) is 4.79 Å². The molecule has 1 fully saturated rings. The third-order valence-corrected chi connectivity index (χ3v) is 2.38. The number of amides is 3. The van der Waals surface area contributed by atoms with Crippen LogP contribution in [0.25, 0.3) is 0 Å². The van der Waals surface area contributed by atoms with Gasteiger partial charge in [-0.05, 0) is 6.92 Å². The molecule has 4 N–H and O–H groups in total. The van der Waals surface area contributed by atoms with Crippen LogP contribution in [-0.2, 0) is 4.79 Å². The fourth-order valence-electron chi connectivity index (χ4n) is 1.31. The number of nitrogens with zero attached hydrogens (tertiary/aromatic N) is 1. The fourth-order valence-corrected chi connectivity index (χ4v) is 1.31. The van der Waals surface area contributed by atoms with Crippen LogP contribution in [0.15, 0.2) is 0 Å². The topological polar surface area (TPSA) is 87.5 Å². The summed E-state index contributed by atoms with van der Waals surface area (Å²) in [5, 5.41) is 5.42. The van der Waals surface area contributed by atoms with Crippen molar-refractivity contribution in [1.82, 2.24) is 15.5 Å². The molecule has 1 saturated heterocycles. The largest absolute Gasteiger partial charge is 0.352 e. The number of hydrogen-bond acceptors (Lipinski definition) is 3. The van der Waals surface area contributed by atoms with Crippen molar-refractivity contribution in [1.29, 1.82) is 0 Å². The average molecular weight is 237 g/mol. The molecule has 1 aliphatic heterocycles. The minimum absolute atomic E-state index is 0. The number of rotatable bonds is 3. The maximum atomic E-state index is 11.6. The van der Waals surface area contributed by atoms with Gasteiger partial charge >= 0.3 is 6.03 Å². The van der Waals surface area contributed by atoms with E-state index in [9.17, 15) is 9.59 Å². The molecule has 0 radical (unpaired) electrons. The zero-order valence-electron chi connectivity index (χ0n) is 8.82. The highest BCUT2D eigenvalue weighted by Gasteiger charge is 2.28. The maximum absolute atomic E-state index is 11.6. The second kappa shape index (κ2) is 5.77. The van der Waals surface area contributed by atoms with E-state index in [4.69, 9.17) is 5.73 Å². The van der Waals surface area contributed by atoms with E-state index in [1.165, 1.54) is 0 Å². The SMILES string of the molecule is CC(NC(N)=O)C(=O)N(C)C1CNC1.Cl. The average Bonchev–Trinajstić information content (AvgIpc) is 1.98. The summed E-state index contributed by atoms with van der Waals surface area (Å²) in [6.45, 7) is 3.24. The van der Waals surface area contributed by atoms with Gasteiger partial charge in [0.05, 0.1) is 6.04 Å². The van der Waals surface area contributed by atoms with Crippen molar-refractivity contribution in [3.05, 3.63) is 0 Å². The van der Waals surface area contributed by atoms with Crippen LogP contribution in [0, 0.1) is 0 Å². The van der Waals surface area contributed by atoms with E-state index in [-0.39, 0.29) is 24.4 Å². The van der Waals surface area contributed by atoms with Crippen LogP contribution in [0.3, 0.4) is 0 Å². The number of primary amides is 1. The first kappa shape index (κ1) is 14.0. The highest BCUT2D eigenvalue weighted by Crippen LogP contribution is 2.04. The summed E-state index contributed by atoms with van der Waals surface area (Å²) in [5.41, 5.74) is 4.92. The molecule has 1 aliphatic rings. The Bertz CT molecular complexity index is 245. The lowest BCUT2D eigenvalue weighted by Crippen LogP contribution is -2.60. The quantitative estimate of drug-likeness (QED) is 0.581. The molecule has 0 aliphatic carbocycles. The number of carbonyl (C=O) groups excluding carboxylic acids is 2. The number of urea groups is 1. The van der Waals surface area contributed by atoms with Crippen LogP contribution in [0.2, 0.25) is 0 Å². The molecule has 0 aromatic heterocycles. The van der Waals surface area contributed by atoms with E-state index in [0.717, 1.165) is 13.1 Å². The molecule has 0 aromatic carbocycles. The lowest BCUT2D eigenvalue weighted by atomic mass is 10.1. The van der Waals surface area contributed by atoms with E-state index in [0.29, 0.717) is 0 Å². The summed E-state index contributed by atoms with van der Waals surface area (Å²) in [6, 6.07) is -0.997. The summed E-state index contributed by atoms with van der Waals surface area (Å²) in [4.78, 5) is 23.8. The van der Waals surface area contributed by atoms with Crippen LogP contribution in [-0.4, -0.2) is 49.1 Å². The highest BCUT2D eigenvalue weighted by atomic mass is 35.5. The minimum atomic E-state index is -0.675. The molecule has 6 nitrogen and oxygen atoms in total. The van der Waals surface area contributed by atoms with Crippen molar-refractivity contribution in [2.24, 2.45) is 5.73 Å². The molecular formula is C8H17ClN4O2. The van der Waals surface area contributed by atoms with Crippen LogP contribution in [0.5, 0.6) is 0 Å². The summed E-state index contributed by atoms with van der Waals surface area (Å²) in [6.07, 6.45) is 0. The van der Waals surface area contributed by atoms with Crippen molar-refractivity contribution in [2.45, 2.75) is 19.0 Å². The molecule has 3 amide bonds. The minimum Gasteiger partial charge on any atom is -0.352 e. The van der Waals surface area contributed by atoms with Crippen molar-refractivity contribution in [2.75, 3.05) is 20.1 Å². The maximum Gasteiger partial charge on any atom is 0.312 e. The van der Waals surface area contributed by atoms with Gasteiger partial charge in [0.2, 0.25) is 5.91 Å². The Morgan fingerprint density at radius 2 is 2.07 bits per heavy atom. The zero-order chi connectivity index (χ0) is 10.7. The van der Waals surface area contributed by atoms with Gasteiger partial charge in [-0.2, -0.15) is 0 Å². The molecule has 0 saturated carbocycles. The molecule has 88 valence electrons. The Morgan fingerprint density at radius 1 is 1.53 bits per heavy atom. The molecule has 1 atom stereocenters. The third kappa shape index (κ3) is 3.56. The van der Waals surface area contributed by atoms with E-state index in [1.54, 1.807) is 18.9 Å². The Kier molecular flexibility index (Phi) is 5.38. The van der Waals surface area contributed by atoms with Crippen LogP contribution < -0.4 is 16.4 Å². The van der Waals surface area contributed by atoms with Gasteiger partial charge in [0.1, 0.15) is 6.04 Å². The lowest BCUT2D eigenvalue weighted by Gasteiger charge is -2.36. The van der Waals surface area contributed by atoms with Crippen molar-refractivity contribution in [3.8, 4) is 0 Å². The van der Waals surface area contributed by atoms with Crippen LogP contribution in [0.1, 0.15) is 6.92 Å². The van der Waals surface area contributed by atoms with Crippen molar-refractivity contribution in [3.63, 3.8) is 0 Å². The molecule has 7 heteroatoms. The monoisotopic (exact) mass is 236 g/mol. The van der Waals surface area contributed by atoms with E-state index in [1.807, 2.05) is 0 Å². The zero-order valence-corrected chi connectivity index (χ0v) is 9.63. The molecule has 1 rings (SSSR count). The van der Waals surface area contributed by atoms with Gasteiger partial charge < -0.3 is 21.3 Å². The summed E-state index contributed by atoms with van der Waals surface area (Å²) >= 11 is 0. The molecule has 0 aromatic rings. The van der Waals surface area contributed by atoms with Gasteiger partial charge in [0.15, 0.2) is 0 Å². The predicted octanol–water partition coefficient (Wildman–Crippen LogP) is -1.10. The first-order chi connectivity index (χ1) is 6.52. The second-order valence-corrected chi connectivity index (χ2v) is 3.49. The molecule has 1 unspecified atom stereocenters. The van der Waals surface area contributed by atoms with Gasteiger partial charge in [0.25, 0.3) is 0 Å². The van der Waals surface area contributed by atoms with Crippen molar-refractivity contribution >= 4 is 24.3 Å². The highest BCUT2D eigenvalue weighted by molar-refractivity contribution is 5.86. The van der Waals surface area contributed by atoms with Gasteiger partial charge in [-0.25, -0.2) is 4.79 Å². The Balaban J connectivity index is 0.00000196. The fraction of sp³-hybridized carbons (Fsp3) is 0.750. The Morgan fingerprint density at radius 3 is 2.40 bits per heavy atom. The van der Waals surface area contributed by atoms with Gasteiger partial charge in [-0.15, -0.1) is 12.4 Å². The number of nitrogens with two attached hydrogens (primary N) is 1. The number of carbonyl (C=O) groups is 2. The number of nitrogens with one attached hydrogen (secondary N) is 2.